The molecule has 1 heterocycles. The summed E-state index contributed by atoms with van der Waals surface area (Å²) < 4.78 is 1.90. The van der Waals surface area contributed by atoms with Crippen LogP contribution in [0.2, 0.25) is 0 Å². The largest absolute Gasteiger partial charge is 0.393 e. The Balaban J connectivity index is 1.90. The van der Waals surface area contributed by atoms with E-state index < -0.39 is 4.92 Å². The molecule has 0 unspecified atom stereocenters. The number of benzene rings is 1. The number of anilines is 1. The molecule has 1 aromatic carbocycles. The topological polar surface area (TPSA) is 87.0 Å². The van der Waals surface area contributed by atoms with Crippen molar-refractivity contribution in [3.05, 3.63) is 40.7 Å². The Hall–Kier alpha value is -2.37. The third-order valence-corrected chi connectivity index (χ3v) is 3.34. The minimum absolute atomic E-state index is 0.0626. The van der Waals surface area contributed by atoms with Crippen molar-refractivity contribution >= 4 is 11.4 Å². The lowest BCUT2D eigenvalue weighted by molar-refractivity contribution is -0.383. The maximum Gasteiger partial charge on any atom is 0.292 e. The van der Waals surface area contributed by atoms with E-state index in [-0.39, 0.29) is 11.4 Å². The molecule has 1 saturated carbocycles. The molecule has 0 amide bonds. The first-order chi connectivity index (χ1) is 9.13. The molecule has 0 saturated heterocycles. The highest BCUT2D eigenvalue weighted by atomic mass is 16.6. The molecule has 19 heavy (non-hydrogen) atoms. The Morgan fingerprint density at radius 1 is 1.42 bits per heavy atom. The van der Waals surface area contributed by atoms with Crippen molar-refractivity contribution in [2.75, 3.05) is 5.73 Å². The number of aromatic nitrogens is 2. The third kappa shape index (κ3) is 2.42. The van der Waals surface area contributed by atoms with Crippen molar-refractivity contribution in [3.8, 4) is 11.1 Å². The second-order valence-corrected chi connectivity index (χ2v) is 4.93. The van der Waals surface area contributed by atoms with Crippen LogP contribution in [0.15, 0.2) is 30.6 Å². The van der Waals surface area contributed by atoms with Crippen LogP contribution in [-0.2, 0) is 6.54 Å². The Labute approximate surface area is 110 Å². The van der Waals surface area contributed by atoms with E-state index in [1.807, 2.05) is 10.9 Å². The molecular weight excluding hydrogens is 244 g/mol. The van der Waals surface area contributed by atoms with E-state index in [1.165, 1.54) is 18.9 Å². The van der Waals surface area contributed by atoms with Crippen molar-refractivity contribution in [1.82, 2.24) is 9.78 Å². The van der Waals surface area contributed by atoms with Crippen LogP contribution in [0, 0.1) is 16.0 Å². The van der Waals surface area contributed by atoms with Crippen molar-refractivity contribution in [2.45, 2.75) is 19.4 Å². The van der Waals surface area contributed by atoms with Crippen molar-refractivity contribution in [3.63, 3.8) is 0 Å². The fourth-order valence-electron chi connectivity index (χ4n) is 2.06. The number of rotatable bonds is 4. The van der Waals surface area contributed by atoms with Gasteiger partial charge in [-0.1, -0.05) is 6.07 Å². The molecule has 0 bridgehead atoms. The van der Waals surface area contributed by atoms with Gasteiger partial charge in [-0.2, -0.15) is 5.10 Å². The zero-order valence-corrected chi connectivity index (χ0v) is 10.3. The van der Waals surface area contributed by atoms with Gasteiger partial charge in [0.1, 0.15) is 5.69 Å². The van der Waals surface area contributed by atoms with E-state index in [2.05, 4.69) is 5.10 Å². The first-order valence-corrected chi connectivity index (χ1v) is 6.20. The molecule has 1 aliphatic carbocycles. The van der Waals surface area contributed by atoms with Gasteiger partial charge in [0.15, 0.2) is 0 Å². The van der Waals surface area contributed by atoms with Gasteiger partial charge in [-0.25, -0.2) is 0 Å². The Bertz CT molecular complexity index is 631. The van der Waals surface area contributed by atoms with Crippen LogP contribution in [0.3, 0.4) is 0 Å². The number of nitro groups is 1. The molecule has 0 spiro atoms. The lowest BCUT2D eigenvalue weighted by Gasteiger charge is -2.01. The average Bonchev–Trinajstić information content (AvgIpc) is 3.06. The molecule has 1 fully saturated rings. The number of hydrogen-bond acceptors (Lipinski definition) is 4. The average molecular weight is 258 g/mol. The van der Waals surface area contributed by atoms with E-state index in [0.29, 0.717) is 0 Å². The smallest absolute Gasteiger partial charge is 0.292 e. The summed E-state index contributed by atoms with van der Waals surface area (Å²) in [6, 6.07) is 4.83. The van der Waals surface area contributed by atoms with E-state index >= 15 is 0 Å². The fraction of sp³-hybridized carbons (Fsp3) is 0.308. The van der Waals surface area contributed by atoms with E-state index in [4.69, 9.17) is 5.73 Å². The highest BCUT2D eigenvalue weighted by molar-refractivity contribution is 5.71. The highest BCUT2D eigenvalue weighted by Crippen LogP contribution is 2.32. The molecule has 0 atom stereocenters. The molecule has 1 aliphatic rings. The minimum Gasteiger partial charge on any atom is -0.393 e. The monoisotopic (exact) mass is 258 g/mol. The summed E-state index contributed by atoms with van der Waals surface area (Å²) in [6.07, 6.45) is 6.19. The Morgan fingerprint density at radius 2 is 2.21 bits per heavy atom. The van der Waals surface area contributed by atoms with Crippen molar-refractivity contribution < 1.29 is 4.92 Å². The zero-order valence-electron chi connectivity index (χ0n) is 10.3. The number of nitrogens with two attached hydrogens (primary N) is 1. The zero-order chi connectivity index (χ0) is 13.4. The minimum atomic E-state index is -0.465. The Kier molecular flexibility index (Phi) is 2.70. The predicted octanol–water partition coefficient (Wildman–Crippen LogP) is 2.45. The molecule has 98 valence electrons. The van der Waals surface area contributed by atoms with Crippen LogP contribution in [-0.4, -0.2) is 14.7 Å². The lowest BCUT2D eigenvalue weighted by Crippen LogP contribution is -1.99. The summed E-state index contributed by atoms with van der Waals surface area (Å²) in [5.74, 6) is 0.744. The molecule has 2 N–H and O–H groups in total. The second kappa shape index (κ2) is 4.38. The molecule has 1 aromatic heterocycles. The normalized spacial score (nSPS) is 14.5. The molecular formula is C13H14N4O2. The predicted molar refractivity (Wildman–Crippen MR) is 71.5 cm³/mol. The van der Waals surface area contributed by atoms with Crippen LogP contribution in [0.25, 0.3) is 11.1 Å². The van der Waals surface area contributed by atoms with Crippen LogP contribution in [0.5, 0.6) is 0 Å². The maximum absolute atomic E-state index is 10.9. The number of hydrogen-bond donors (Lipinski definition) is 1. The summed E-state index contributed by atoms with van der Waals surface area (Å²) in [4.78, 5) is 10.4. The van der Waals surface area contributed by atoms with E-state index in [1.54, 1.807) is 18.3 Å². The number of nitrogen functional groups attached to an aromatic ring is 1. The maximum atomic E-state index is 10.9. The van der Waals surface area contributed by atoms with Crippen molar-refractivity contribution in [1.29, 1.82) is 0 Å². The van der Waals surface area contributed by atoms with Crippen molar-refractivity contribution in [2.24, 2.45) is 5.92 Å². The lowest BCUT2D eigenvalue weighted by atomic mass is 10.1. The van der Waals surface area contributed by atoms with Crippen LogP contribution in [0.4, 0.5) is 11.4 Å². The summed E-state index contributed by atoms with van der Waals surface area (Å²) >= 11 is 0. The fourth-order valence-corrected chi connectivity index (χ4v) is 2.06. The molecule has 6 nitrogen and oxygen atoms in total. The van der Waals surface area contributed by atoms with Crippen LogP contribution >= 0.6 is 0 Å². The van der Waals surface area contributed by atoms with Gasteiger partial charge in [-0.15, -0.1) is 0 Å². The van der Waals surface area contributed by atoms with Gasteiger partial charge in [0.2, 0.25) is 0 Å². The first kappa shape index (κ1) is 11.7. The van der Waals surface area contributed by atoms with Gasteiger partial charge in [-0.3, -0.25) is 14.8 Å². The van der Waals surface area contributed by atoms with Gasteiger partial charge >= 0.3 is 0 Å². The van der Waals surface area contributed by atoms with Crippen LogP contribution < -0.4 is 5.73 Å². The summed E-state index contributed by atoms with van der Waals surface area (Å²) in [6.45, 7) is 0.928. The van der Waals surface area contributed by atoms with Gasteiger partial charge < -0.3 is 5.73 Å². The van der Waals surface area contributed by atoms with Gasteiger partial charge in [0.25, 0.3) is 5.69 Å². The van der Waals surface area contributed by atoms with E-state index in [0.717, 1.165) is 23.6 Å². The van der Waals surface area contributed by atoms with Gasteiger partial charge in [-0.05, 0) is 30.4 Å². The summed E-state index contributed by atoms with van der Waals surface area (Å²) in [5.41, 5.74) is 7.35. The standard InChI is InChI=1S/C13H14N4O2/c14-12-4-3-10(5-13(12)17(18)19)11-6-15-16(8-11)7-9-1-2-9/h3-6,8-9H,1-2,7,14H2. The number of nitro benzene ring substituents is 1. The van der Waals surface area contributed by atoms with Gasteiger partial charge in [0, 0.05) is 24.4 Å². The number of nitrogens with zero attached hydrogens (tertiary/aromatic N) is 3. The second-order valence-electron chi connectivity index (χ2n) is 4.93. The molecule has 3 rings (SSSR count). The summed E-state index contributed by atoms with van der Waals surface area (Å²) in [5, 5.41) is 15.2. The molecule has 6 heteroatoms. The van der Waals surface area contributed by atoms with Crippen LogP contribution in [0.1, 0.15) is 12.8 Å². The first-order valence-electron chi connectivity index (χ1n) is 6.20. The quantitative estimate of drug-likeness (QED) is 0.518. The Morgan fingerprint density at radius 3 is 2.89 bits per heavy atom. The van der Waals surface area contributed by atoms with E-state index in [9.17, 15) is 10.1 Å². The third-order valence-electron chi connectivity index (χ3n) is 3.34. The molecule has 0 aliphatic heterocycles. The highest BCUT2D eigenvalue weighted by Gasteiger charge is 2.22. The molecule has 0 radical (unpaired) electrons. The molecule has 2 aromatic rings. The SMILES string of the molecule is Nc1ccc(-c2cnn(CC3CC3)c2)cc1[N+](=O)[O-]. The van der Waals surface area contributed by atoms with Gasteiger partial charge in [0.05, 0.1) is 11.1 Å². The summed E-state index contributed by atoms with van der Waals surface area (Å²) in [7, 11) is 0.